The van der Waals surface area contributed by atoms with Crippen LogP contribution in [0.4, 0.5) is 5.69 Å². The molecule has 0 aromatic heterocycles. The van der Waals surface area contributed by atoms with E-state index in [2.05, 4.69) is 23.1 Å². The van der Waals surface area contributed by atoms with E-state index < -0.39 is 0 Å². The number of rotatable bonds is 5. The maximum Gasteiger partial charge on any atom is 0.0673 e. The summed E-state index contributed by atoms with van der Waals surface area (Å²) in [6, 6.07) is 8.47. The third-order valence-corrected chi connectivity index (χ3v) is 4.62. The van der Waals surface area contributed by atoms with Crippen molar-refractivity contribution in [3.8, 4) is 0 Å². The van der Waals surface area contributed by atoms with Crippen molar-refractivity contribution in [2.45, 2.75) is 24.7 Å². The van der Waals surface area contributed by atoms with Gasteiger partial charge in [0.2, 0.25) is 0 Å². The molecule has 1 saturated carbocycles. The molecular weight excluding hydrogens is 248 g/mol. The van der Waals surface area contributed by atoms with E-state index in [9.17, 15) is 0 Å². The lowest BCUT2D eigenvalue weighted by Crippen LogP contribution is -2.36. The van der Waals surface area contributed by atoms with E-state index in [0.29, 0.717) is 5.41 Å². The van der Waals surface area contributed by atoms with E-state index in [-0.39, 0.29) is 0 Å². The number of hydrogen-bond acceptors (Lipinski definition) is 3. The first-order chi connectivity index (χ1) is 9.72. The molecule has 1 heterocycles. The van der Waals surface area contributed by atoms with E-state index in [4.69, 9.17) is 10.5 Å². The standard InChI is InChI=1S/C17H24N2O/c1-20-12-14-6-10-19(11-7-14)13-17(8-9-17)15-2-4-16(18)5-3-15/h2-6H,7-13,18H2,1H3. The number of ether oxygens (including phenoxy) is 1. The van der Waals surface area contributed by atoms with Gasteiger partial charge in [0.25, 0.3) is 0 Å². The molecule has 3 heteroatoms. The molecule has 1 aromatic rings. The Kier molecular flexibility index (Phi) is 3.81. The number of methoxy groups -OCH3 is 1. The van der Waals surface area contributed by atoms with Gasteiger partial charge in [-0.05, 0) is 42.5 Å². The zero-order valence-electron chi connectivity index (χ0n) is 12.3. The monoisotopic (exact) mass is 272 g/mol. The van der Waals surface area contributed by atoms with E-state index in [1.54, 1.807) is 7.11 Å². The van der Waals surface area contributed by atoms with Gasteiger partial charge in [0.05, 0.1) is 6.61 Å². The quantitative estimate of drug-likeness (QED) is 0.661. The highest BCUT2D eigenvalue weighted by molar-refractivity contribution is 5.43. The predicted molar refractivity (Wildman–Crippen MR) is 82.8 cm³/mol. The van der Waals surface area contributed by atoms with Gasteiger partial charge in [-0.3, -0.25) is 4.90 Å². The van der Waals surface area contributed by atoms with Crippen molar-refractivity contribution in [1.82, 2.24) is 4.90 Å². The molecule has 0 amide bonds. The fourth-order valence-electron chi connectivity index (χ4n) is 3.17. The number of nitrogens with zero attached hydrogens (tertiary/aromatic N) is 1. The van der Waals surface area contributed by atoms with Gasteiger partial charge in [-0.2, -0.15) is 0 Å². The molecule has 0 saturated heterocycles. The molecule has 3 rings (SSSR count). The van der Waals surface area contributed by atoms with Crippen molar-refractivity contribution in [2.75, 3.05) is 39.1 Å². The topological polar surface area (TPSA) is 38.5 Å². The first-order valence-corrected chi connectivity index (χ1v) is 7.47. The molecule has 1 aliphatic carbocycles. The Morgan fingerprint density at radius 3 is 2.55 bits per heavy atom. The lowest BCUT2D eigenvalue weighted by atomic mass is 9.94. The molecule has 1 aliphatic heterocycles. The van der Waals surface area contributed by atoms with Gasteiger partial charge >= 0.3 is 0 Å². The Balaban J connectivity index is 1.62. The summed E-state index contributed by atoms with van der Waals surface area (Å²) in [4.78, 5) is 2.57. The lowest BCUT2D eigenvalue weighted by Gasteiger charge is -2.30. The lowest BCUT2D eigenvalue weighted by molar-refractivity contribution is 0.208. The Labute approximate surface area is 121 Å². The zero-order chi connectivity index (χ0) is 14.0. The smallest absolute Gasteiger partial charge is 0.0673 e. The first-order valence-electron chi connectivity index (χ1n) is 7.47. The van der Waals surface area contributed by atoms with E-state index >= 15 is 0 Å². The van der Waals surface area contributed by atoms with Crippen LogP contribution in [0.25, 0.3) is 0 Å². The maximum atomic E-state index is 5.79. The summed E-state index contributed by atoms with van der Waals surface area (Å²) in [6.07, 6.45) is 6.10. The van der Waals surface area contributed by atoms with Crippen LogP contribution >= 0.6 is 0 Å². The molecule has 0 bridgehead atoms. The maximum absolute atomic E-state index is 5.79. The predicted octanol–water partition coefficient (Wildman–Crippen LogP) is 2.58. The molecule has 0 unspecified atom stereocenters. The average Bonchev–Trinajstić information content (AvgIpc) is 3.23. The Hall–Kier alpha value is -1.32. The summed E-state index contributed by atoms with van der Waals surface area (Å²) in [7, 11) is 1.77. The van der Waals surface area contributed by atoms with Crippen molar-refractivity contribution in [3.05, 3.63) is 41.5 Å². The molecule has 2 aliphatic rings. The second kappa shape index (κ2) is 5.58. The van der Waals surface area contributed by atoms with Gasteiger partial charge in [-0.1, -0.05) is 18.2 Å². The minimum Gasteiger partial charge on any atom is -0.399 e. The minimum atomic E-state index is 0.389. The second-order valence-corrected chi connectivity index (χ2v) is 6.18. The molecule has 1 aromatic carbocycles. The van der Waals surface area contributed by atoms with E-state index in [0.717, 1.165) is 31.8 Å². The highest BCUT2D eigenvalue weighted by Crippen LogP contribution is 2.49. The summed E-state index contributed by atoms with van der Waals surface area (Å²) < 4.78 is 5.21. The number of anilines is 1. The summed E-state index contributed by atoms with van der Waals surface area (Å²) in [6.45, 7) is 4.19. The van der Waals surface area contributed by atoms with Crippen LogP contribution < -0.4 is 5.73 Å². The van der Waals surface area contributed by atoms with Crippen LogP contribution in [0.2, 0.25) is 0 Å². The van der Waals surface area contributed by atoms with Crippen molar-refractivity contribution in [2.24, 2.45) is 0 Å². The van der Waals surface area contributed by atoms with Gasteiger partial charge in [0.15, 0.2) is 0 Å². The fraction of sp³-hybridized carbons (Fsp3) is 0.529. The summed E-state index contributed by atoms with van der Waals surface area (Å²) in [5.41, 5.74) is 9.94. The van der Waals surface area contributed by atoms with Gasteiger partial charge < -0.3 is 10.5 Å². The Morgan fingerprint density at radius 2 is 2.00 bits per heavy atom. The largest absolute Gasteiger partial charge is 0.399 e. The summed E-state index contributed by atoms with van der Waals surface area (Å²) in [5, 5.41) is 0. The fourth-order valence-corrected chi connectivity index (χ4v) is 3.17. The summed E-state index contributed by atoms with van der Waals surface area (Å²) in [5.74, 6) is 0. The first kappa shape index (κ1) is 13.7. The van der Waals surface area contributed by atoms with Crippen LogP contribution in [-0.4, -0.2) is 38.3 Å². The molecule has 0 spiro atoms. The van der Waals surface area contributed by atoms with Crippen LogP contribution in [-0.2, 0) is 10.2 Å². The third-order valence-electron chi connectivity index (χ3n) is 4.62. The highest BCUT2D eigenvalue weighted by Gasteiger charge is 2.45. The van der Waals surface area contributed by atoms with Crippen molar-refractivity contribution in [1.29, 1.82) is 0 Å². The van der Waals surface area contributed by atoms with Gasteiger partial charge in [-0.15, -0.1) is 0 Å². The average molecular weight is 272 g/mol. The second-order valence-electron chi connectivity index (χ2n) is 6.18. The molecule has 3 nitrogen and oxygen atoms in total. The van der Waals surface area contributed by atoms with Crippen LogP contribution in [0.1, 0.15) is 24.8 Å². The molecule has 108 valence electrons. The summed E-state index contributed by atoms with van der Waals surface area (Å²) >= 11 is 0. The number of nitrogens with two attached hydrogens (primary N) is 1. The third kappa shape index (κ3) is 2.89. The SMILES string of the molecule is COCC1=CCN(CC2(c3ccc(N)cc3)CC2)CC1. The number of nitrogen functional groups attached to an aromatic ring is 1. The van der Waals surface area contributed by atoms with Crippen molar-refractivity contribution < 1.29 is 4.74 Å². The van der Waals surface area contributed by atoms with Crippen LogP contribution in [0, 0.1) is 0 Å². The van der Waals surface area contributed by atoms with E-state index in [1.807, 2.05) is 12.1 Å². The van der Waals surface area contributed by atoms with Crippen molar-refractivity contribution >= 4 is 5.69 Å². The van der Waals surface area contributed by atoms with Gasteiger partial charge in [0.1, 0.15) is 0 Å². The molecule has 0 radical (unpaired) electrons. The molecule has 20 heavy (non-hydrogen) atoms. The normalized spacial score (nSPS) is 21.6. The molecule has 0 atom stereocenters. The zero-order valence-corrected chi connectivity index (χ0v) is 12.3. The Bertz CT molecular complexity index is 488. The van der Waals surface area contributed by atoms with Crippen LogP contribution in [0.15, 0.2) is 35.9 Å². The molecule has 1 fully saturated rings. The minimum absolute atomic E-state index is 0.389. The van der Waals surface area contributed by atoms with Crippen LogP contribution in [0.5, 0.6) is 0 Å². The number of benzene rings is 1. The Morgan fingerprint density at radius 1 is 1.25 bits per heavy atom. The van der Waals surface area contributed by atoms with Gasteiger partial charge in [-0.25, -0.2) is 0 Å². The van der Waals surface area contributed by atoms with Crippen molar-refractivity contribution in [3.63, 3.8) is 0 Å². The molecule has 2 N–H and O–H groups in total. The molecular formula is C17H24N2O. The van der Waals surface area contributed by atoms with Crippen LogP contribution in [0.3, 0.4) is 0 Å². The van der Waals surface area contributed by atoms with Gasteiger partial charge in [0, 0.05) is 37.8 Å². The highest BCUT2D eigenvalue weighted by atomic mass is 16.5. The van der Waals surface area contributed by atoms with E-state index in [1.165, 1.54) is 30.5 Å². The number of hydrogen-bond donors (Lipinski definition) is 1.